The van der Waals surface area contributed by atoms with Crippen molar-refractivity contribution in [3.63, 3.8) is 0 Å². The van der Waals surface area contributed by atoms with Gasteiger partial charge in [0.15, 0.2) is 17.5 Å². The summed E-state index contributed by atoms with van der Waals surface area (Å²) in [6.07, 6.45) is 14.0. The van der Waals surface area contributed by atoms with Crippen LogP contribution in [0, 0.1) is 11.8 Å². The molecule has 0 radical (unpaired) electrons. The van der Waals surface area contributed by atoms with Crippen molar-refractivity contribution in [1.29, 1.82) is 0 Å². The van der Waals surface area contributed by atoms with Gasteiger partial charge in [0.05, 0.1) is 5.52 Å². The van der Waals surface area contributed by atoms with Crippen LogP contribution in [0.5, 0.6) is 0 Å². The summed E-state index contributed by atoms with van der Waals surface area (Å²) in [5.41, 5.74) is 14.2. The lowest BCUT2D eigenvalue weighted by molar-refractivity contribution is 1.04. The average Bonchev–Trinajstić information content (AvgIpc) is 3.39. The van der Waals surface area contributed by atoms with E-state index in [0.29, 0.717) is 17.5 Å². The van der Waals surface area contributed by atoms with E-state index in [9.17, 15) is 0 Å². The quantitative estimate of drug-likeness (QED) is 0.154. The third-order valence-electron chi connectivity index (χ3n) is 10.5. The maximum atomic E-state index is 5.10. The molecule has 0 saturated carbocycles. The molecule has 0 bridgehead atoms. The fourth-order valence-electron chi connectivity index (χ4n) is 7.87. The molecule has 0 fully saturated rings. The van der Waals surface area contributed by atoms with Gasteiger partial charge in [-0.1, -0.05) is 164 Å². The summed E-state index contributed by atoms with van der Waals surface area (Å²) in [5.74, 6) is 8.82. The number of rotatable bonds is 7. The van der Waals surface area contributed by atoms with Gasteiger partial charge in [0.1, 0.15) is 5.69 Å². The Bertz CT molecular complexity index is 2860. The fraction of sp³-hybridized carbons (Fsp3) is 0.0577. The summed E-state index contributed by atoms with van der Waals surface area (Å²) < 4.78 is 2.33. The van der Waals surface area contributed by atoms with Crippen molar-refractivity contribution in [3.05, 3.63) is 193 Å². The smallest absolute Gasteiger partial charge is 0.164 e. The Morgan fingerprint density at radius 2 is 1.12 bits per heavy atom. The molecule has 0 amide bonds. The summed E-state index contributed by atoms with van der Waals surface area (Å²) in [4.78, 5) is 15.1. The van der Waals surface area contributed by atoms with Crippen LogP contribution < -0.4 is 0 Å². The van der Waals surface area contributed by atoms with Crippen LogP contribution in [0.25, 0.3) is 84.7 Å². The first kappa shape index (κ1) is 33.2. The number of fused-ring (bicyclic) bond motifs is 3. The van der Waals surface area contributed by atoms with Crippen molar-refractivity contribution in [1.82, 2.24) is 19.5 Å². The summed E-state index contributed by atoms with van der Waals surface area (Å²) in [7, 11) is 0. The zero-order valence-electron chi connectivity index (χ0n) is 30.7. The minimum Gasteiger partial charge on any atom is -0.302 e. The van der Waals surface area contributed by atoms with Gasteiger partial charge in [0.2, 0.25) is 0 Å². The number of aromatic nitrogens is 4. The highest BCUT2D eigenvalue weighted by molar-refractivity contribution is 5.97. The van der Waals surface area contributed by atoms with Gasteiger partial charge in [-0.3, -0.25) is 0 Å². The highest BCUT2D eigenvalue weighted by atomic mass is 15.0. The molecule has 6 aromatic carbocycles. The zero-order chi connectivity index (χ0) is 37.3. The fourth-order valence-corrected chi connectivity index (χ4v) is 7.87. The van der Waals surface area contributed by atoms with E-state index >= 15 is 0 Å². The van der Waals surface area contributed by atoms with Crippen LogP contribution in [0.4, 0.5) is 0 Å². The Morgan fingerprint density at radius 1 is 0.482 bits per heavy atom. The number of allylic oxidation sites excluding steroid dienone is 5. The van der Waals surface area contributed by atoms with Crippen molar-refractivity contribution < 1.29 is 0 Å². The first-order chi connectivity index (χ1) is 27.8. The summed E-state index contributed by atoms with van der Waals surface area (Å²) in [6.45, 7) is 0. The van der Waals surface area contributed by atoms with Crippen molar-refractivity contribution in [3.8, 4) is 73.9 Å². The lowest BCUT2D eigenvalue weighted by Crippen LogP contribution is -2.02. The van der Waals surface area contributed by atoms with E-state index < -0.39 is 0 Å². The van der Waals surface area contributed by atoms with Crippen molar-refractivity contribution >= 4 is 22.6 Å². The Morgan fingerprint density at radius 3 is 1.82 bits per heavy atom. The monoisotopic (exact) mass is 716 g/mol. The molecule has 2 heterocycles. The molecule has 0 unspecified atom stereocenters. The summed E-state index contributed by atoms with van der Waals surface area (Å²) in [6, 6.07) is 53.2. The van der Waals surface area contributed by atoms with Crippen molar-refractivity contribution in [2.24, 2.45) is 0 Å². The largest absolute Gasteiger partial charge is 0.302 e. The lowest BCUT2D eigenvalue weighted by Gasteiger charge is -2.20. The average molecular weight is 717 g/mol. The van der Waals surface area contributed by atoms with Gasteiger partial charge in [-0.05, 0) is 76.4 Å². The van der Waals surface area contributed by atoms with Crippen LogP contribution in [0.1, 0.15) is 36.1 Å². The van der Waals surface area contributed by atoms with Gasteiger partial charge >= 0.3 is 0 Å². The van der Waals surface area contributed by atoms with Crippen LogP contribution >= 0.6 is 0 Å². The van der Waals surface area contributed by atoms with E-state index in [1.807, 2.05) is 60.7 Å². The molecule has 2 aliphatic carbocycles. The molecular formula is C52H36N4. The van der Waals surface area contributed by atoms with Crippen LogP contribution in [0.3, 0.4) is 0 Å². The predicted molar refractivity (Wildman–Crippen MR) is 231 cm³/mol. The molecule has 4 nitrogen and oxygen atoms in total. The Balaban J connectivity index is 1.21. The minimum absolute atomic E-state index is 0.635. The van der Waals surface area contributed by atoms with Gasteiger partial charge in [-0.15, -0.1) is 0 Å². The van der Waals surface area contributed by atoms with Gasteiger partial charge in [0, 0.05) is 39.7 Å². The van der Waals surface area contributed by atoms with Crippen LogP contribution in [-0.2, 0) is 0 Å². The minimum atomic E-state index is 0.635. The maximum absolute atomic E-state index is 5.10. The Labute approximate surface area is 326 Å². The van der Waals surface area contributed by atoms with E-state index in [2.05, 4.69) is 138 Å². The van der Waals surface area contributed by atoms with E-state index in [1.54, 1.807) is 0 Å². The van der Waals surface area contributed by atoms with Crippen LogP contribution in [0.2, 0.25) is 0 Å². The summed E-state index contributed by atoms with van der Waals surface area (Å²) >= 11 is 0. The van der Waals surface area contributed by atoms with Gasteiger partial charge in [-0.2, -0.15) is 0 Å². The second-order valence-corrected chi connectivity index (χ2v) is 14.1. The first-order valence-electron chi connectivity index (χ1n) is 19.2. The molecule has 0 N–H and O–H groups in total. The molecule has 264 valence electrons. The highest BCUT2D eigenvalue weighted by Crippen LogP contribution is 2.42. The molecule has 0 saturated heterocycles. The molecule has 10 rings (SSSR count). The molecule has 4 heteroatoms. The topological polar surface area (TPSA) is 43.6 Å². The number of benzene rings is 6. The molecule has 0 spiro atoms. The van der Waals surface area contributed by atoms with E-state index in [1.165, 1.54) is 16.5 Å². The van der Waals surface area contributed by atoms with Crippen LogP contribution in [0.15, 0.2) is 176 Å². The zero-order valence-corrected chi connectivity index (χ0v) is 30.7. The second-order valence-electron chi connectivity index (χ2n) is 14.1. The summed E-state index contributed by atoms with van der Waals surface area (Å²) in [5, 5.41) is 1.20. The Hall–Kier alpha value is -7.35. The first-order valence-corrected chi connectivity index (χ1v) is 19.2. The molecule has 0 atom stereocenters. The lowest BCUT2D eigenvalue weighted by atomic mass is 9.86. The van der Waals surface area contributed by atoms with E-state index in [-0.39, 0.29) is 0 Å². The third-order valence-corrected chi connectivity index (χ3v) is 10.5. The maximum Gasteiger partial charge on any atom is 0.164 e. The number of para-hydroxylation sites is 1. The number of nitrogens with zero attached hydrogens (tertiary/aromatic N) is 4. The highest BCUT2D eigenvalue weighted by Gasteiger charge is 2.21. The third kappa shape index (κ3) is 6.16. The molecule has 2 aliphatic rings. The number of hydrogen-bond acceptors (Lipinski definition) is 3. The molecule has 0 aliphatic heterocycles. The molecule has 2 aromatic heterocycles. The van der Waals surface area contributed by atoms with Crippen molar-refractivity contribution in [2.75, 3.05) is 0 Å². The SMILES string of the molecule is C1#Cc2c(c3ccccc3n2-c2ccc(-c3ccccc3)c(-c3ccc(-c4nc(-c5ccccc5)nc(-c5ccccc5)n4)cc3C3=CCCC=C3)c2)C=CC1. The number of hydrogen-bond donors (Lipinski definition) is 0. The van der Waals surface area contributed by atoms with Crippen molar-refractivity contribution in [2.45, 2.75) is 19.3 Å². The van der Waals surface area contributed by atoms with Gasteiger partial charge in [-0.25, -0.2) is 15.0 Å². The molecule has 8 aromatic rings. The molecular weight excluding hydrogens is 681 g/mol. The van der Waals surface area contributed by atoms with Crippen LogP contribution in [-0.4, -0.2) is 19.5 Å². The normalized spacial score (nSPS) is 13.1. The second kappa shape index (κ2) is 14.5. The van der Waals surface area contributed by atoms with E-state index in [4.69, 9.17) is 15.0 Å². The Kier molecular flexibility index (Phi) is 8.59. The van der Waals surface area contributed by atoms with Gasteiger partial charge in [0.25, 0.3) is 0 Å². The van der Waals surface area contributed by atoms with Gasteiger partial charge < -0.3 is 4.57 Å². The molecule has 56 heavy (non-hydrogen) atoms. The van der Waals surface area contributed by atoms with E-state index in [0.717, 1.165) is 80.7 Å². The standard InChI is InChI=1S/C52H36N4/c1-6-18-36(19-7-1)42-33-31-41(56-48-28-15-5-14-26-44(48)45-27-16-17-29-49(45)56)35-47(42)43-32-30-40(34-46(43)37-20-8-2-9-21-37)52-54-50(38-22-10-3-11-23-38)53-51(55-52)39-24-12-4-13-25-39/h1,3-4,6-8,10-14,16-27,29-35H,2,5,9H2. The predicted octanol–water partition coefficient (Wildman–Crippen LogP) is 12.7.